The molecule has 22 heavy (non-hydrogen) atoms. The molecule has 0 atom stereocenters. The van der Waals surface area contributed by atoms with E-state index < -0.39 is 11.9 Å². The molecule has 2 rings (SSSR count). The highest BCUT2D eigenvalue weighted by atomic mass is 16.4. The van der Waals surface area contributed by atoms with Gasteiger partial charge in [-0.15, -0.1) is 0 Å². The topological polar surface area (TPSA) is 66.4 Å². The fourth-order valence-electron chi connectivity index (χ4n) is 1.77. The van der Waals surface area contributed by atoms with E-state index in [4.69, 9.17) is 5.11 Å². The molecule has 4 nitrogen and oxygen atoms in total. The van der Waals surface area contributed by atoms with E-state index in [-0.39, 0.29) is 5.70 Å². The van der Waals surface area contributed by atoms with Crippen molar-refractivity contribution < 1.29 is 14.7 Å². The van der Waals surface area contributed by atoms with Crippen molar-refractivity contribution in [1.82, 2.24) is 5.32 Å². The maximum atomic E-state index is 12.0. The molecule has 0 bridgehead atoms. The Hall–Kier alpha value is -3.14. The van der Waals surface area contributed by atoms with E-state index in [1.807, 2.05) is 30.3 Å². The molecule has 0 heterocycles. The van der Waals surface area contributed by atoms with E-state index in [0.717, 1.165) is 5.56 Å². The zero-order valence-corrected chi connectivity index (χ0v) is 11.8. The van der Waals surface area contributed by atoms with Gasteiger partial charge < -0.3 is 10.4 Å². The number of carbonyl (C=O) groups excluding carboxylic acids is 1. The fourth-order valence-corrected chi connectivity index (χ4v) is 1.77. The Morgan fingerprint density at radius 1 is 0.909 bits per heavy atom. The van der Waals surface area contributed by atoms with Gasteiger partial charge in [-0.3, -0.25) is 4.79 Å². The van der Waals surface area contributed by atoms with Crippen molar-refractivity contribution in [3.05, 3.63) is 89.6 Å². The molecule has 0 unspecified atom stereocenters. The molecule has 2 aromatic rings. The lowest BCUT2D eigenvalue weighted by atomic mass is 10.2. The number of allylic oxidation sites excluding steroid dienone is 2. The summed E-state index contributed by atoms with van der Waals surface area (Å²) in [4.78, 5) is 23.1. The molecule has 0 saturated heterocycles. The summed E-state index contributed by atoms with van der Waals surface area (Å²) in [5, 5.41) is 11.5. The van der Waals surface area contributed by atoms with E-state index in [0.29, 0.717) is 5.56 Å². The Balaban J connectivity index is 2.10. The minimum Gasteiger partial charge on any atom is -0.477 e. The summed E-state index contributed by atoms with van der Waals surface area (Å²) in [6.45, 7) is 0. The number of rotatable bonds is 5. The van der Waals surface area contributed by atoms with Crippen LogP contribution in [-0.2, 0) is 4.79 Å². The maximum Gasteiger partial charge on any atom is 0.352 e. The Bertz CT molecular complexity index is 704. The lowest BCUT2D eigenvalue weighted by molar-refractivity contribution is -0.133. The highest BCUT2D eigenvalue weighted by Crippen LogP contribution is 2.03. The lowest BCUT2D eigenvalue weighted by Crippen LogP contribution is -2.27. The second kappa shape index (κ2) is 7.59. The first-order valence-electron chi connectivity index (χ1n) is 6.70. The van der Waals surface area contributed by atoms with Crippen LogP contribution in [0.5, 0.6) is 0 Å². The van der Waals surface area contributed by atoms with Crippen LogP contribution in [0.25, 0.3) is 6.08 Å². The van der Waals surface area contributed by atoms with Gasteiger partial charge in [-0.25, -0.2) is 4.79 Å². The van der Waals surface area contributed by atoms with E-state index in [1.165, 1.54) is 6.08 Å². The standard InChI is InChI=1S/C18H15NO3/c20-17(15-11-5-2-6-12-15)19-16(18(21)22)13-7-10-14-8-3-1-4-9-14/h1-13H,(H,19,20)(H,21,22)/b10-7-,16-13-. The minimum atomic E-state index is -1.19. The molecule has 0 aromatic heterocycles. The van der Waals surface area contributed by atoms with Crippen molar-refractivity contribution >= 4 is 18.0 Å². The van der Waals surface area contributed by atoms with Gasteiger partial charge in [0.2, 0.25) is 0 Å². The minimum absolute atomic E-state index is 0.180. The number of carboxylic acids is 1. The molecule has 0 aliphatic heterocycles. The van der Waals surface area contributed by atoms with Crippen LogP contribution in [0.1, 0.15) is 15.9 Å². The van der Waals surface area contributed by atoms with Crippen molar-refractivity contribution in [3.63, 3.8) is 0 Å². The van der Waals surface area contributed by atoms with E-state index in [2.05, 4.69) is 5.32 Å². The molecule has 1 amide bonds. The third kappa shape index (κ3) is 4.45. The number of carboxylic acid groups (broad SMARTS) is 1. The van der Waals surface area contributed by atoms with Crippen LogP contribution in [0, 0.1) is 0 Å². The first-order valence-corrected chi connectivity index (χ1v) is 6.70. The average molecular weight is 293 g/mol. The van der Waals surface area contributed by atoms with Crippen molar-refractivity contribution in [1.29, 1.82) is 0 Å². The SMILES string of the molecule is O=C(O)/C(=C/C=C\c1ccccc1)NC(=O)c1ccccc1. The van der Waals surface area contributed by atoms with Gasteiger partial charge in [0.05, 0.1) is 0 Å². The molecule has 0 saturated carbocycles. The predicted octanol–water partition coefficient (Wildman–Crippen LogP) is 3.10. The first kappa shape index (κ1) is 15.3. The van der Waals surface area contributed by atoms with E-state index >= 15 is 0 Å². The normalized spacial score (nSPS) is 11.4. The highest BCUT2D eigenvalue weighted by Gasteiger charge is 2.11. The number of hydrogen-bond acceptors (Lipinski definition) is 2. The second-order valence-corrected chi connectivity index (χ2v) is 4.48. The second-order valence-electron chi connectivity index (χ2n) is 4.48. The Morgan fingerprint density at radius 3 is 2.09 bits per heavy atom. The molecule has 2 N–H and O–H groups in total. The van der Waals surface area contributed by atoms with E-state index in [1.54, 1.807) is 42.5 Å². The molecule has 0 aliphatic carbocycles. The van der Waals surface area contributed by atoms with Crippen LogP contribution in [0.15, 0.2) is 78.5 Å². The van der Waals surface area contributed by atoms with Crippen LogP contribution in [0.4, 0.5) is 0 Å². The maximum absolute atomic E-state index is 12.0. The largest absolute Gasteiger partial charge is 0.477 e. The van der Waals surface area contributed by atoms with Crippen molar-refractivity contribution in [2.75, 3.05) is 0 Å². The van der Waals surface area contributed by atoms with Crippen LogP contribution in [0.2, 0.25) is 0 Å². The van der Waals surface area contributed by atoms with Crippen LogP contribution >= 0.6 is 0 Å². The summed E-state index contributed by atoms with van der Waals surface area (Å²) in [6, 6.07) is 17.9. The zero-order valence-electron chi connectivity index (χ0n) is 11.8. The Labute approximate surface area is 128 Å². The summed E-state index contributed by atoms with van der Waals surface area (Å²) in [5.74, 6) is -1.65. The van der Waals surface area contributed by atoms with Crippen molar-refractivity contribution in [3.8, 4) is 0 Å². The molecule has 2 aromatic carbocycles. The number of nitrogens with one attached hydrogen (secondary N) is 1. The summed E-state index contributed by atoms with van der Waals surface area (Å²) in [5.41, 5.74) is 1.17. The summed E-state index contributed by atoms with van der Waals surface area (Å²) < 4.78 is 0. The van der Waals surface area contributed by atoms with Gasteiger partial charge >= 0.3 is 5.97 Å². The molecule has 0 fully saturated rings. The molecule has 0 aliphatic rings. The Morgan fingerprint density at radius 2 is 1.50 bits per heavy atom. The summed E-state index contributed by atoms with van der Waals surface area (Å²) in [7, 11) is 0. The van der Waals surface area contributed by atoms with Crippen molar-refractivity contribution in [2.24, 2.45) is 0 Å². The number of aliphatic carboxylic acids is 1. The Kier molecular flexibility index (Phi) is 5.26. The quantitative estimate of drug-likeness (QED) is 0.657. The fraction of sp³-hybridized carbons (Fsp3) is 0. The van der Waals surface area contributed by atoms with Crippen LogP contribution in [-0.4, -0.2) is 17.0 Å². The average Bonchev–Trinajstić information content (AvgIpc) is 2.55. The van der Waals surface area contributed by atoms with Gasteiger partial charge in [0.25, 0.3) is 5.91 Å². The molecular weight excluding hydrogens is 278 g/mol. The zero-order chi connectivity index (χ0) is 15.8. The van der Waals surface area contributed by atoms with Crippen LogP contribution in [0.3, 0.4) is 0 Å². The smallest absolute Gasteiger partial charge is 0.352 e. The number of benzene rings is 2. The monoisotopic (exact) mass is 293 g/mol. The summed E-state index contributed by atoms with van der Waals surface area (Å²) in [6.07, 6.45) is 4.71. The number of amides is 1. The van der Waals surface area contributed by atoms with Gasteiger partial charge in [0.15, 0.2) is 0 Å². The summed E-state index contributed by atoms with van der Waals surface area (Å²) >= 11 is 0. The third-order valence-electron chi connectivity index (χ3n) is 2.87. The van der Waals surface area contributed by atoms with Gasteiger partial charge in [0.1, 0.15) is 5.70 Å². The van der Waals surface area contributed by atoms with Gasteiger partial charge in [-0.2, -0.15) is 0 Å². The van der Waals surface area contributed by atoms with Gasteiger partial charge in [-0.05, 0) is 23.8 Å². The molecule has 0 radical (unpaired) electrons. The number of carbonyl (C=O) groups is 2. The number of hydrogen-bond donors (Lipinski definition) is 2. The lowest BCUT2D eigenvalue weighted by Gasteiger charge is -2.05. The van der Waals surface area contributed by atoms with Crippen molar-refractivity contribution in [2.45, 2.75) is 0 Å². The van der Waals surface area contributed by atoms with Gasteiger partial charge in [-0.1, -0.05) is 60.7 Å². The van der Waals surface area contributed by atoms with Gasteiger partial charge in [0, 0.05) is 5.56 Å². The predicted molar refractivity (Wildman–Crippen MR) is 85.1 cm³/mol. The van der Waals surface area contributed by atoms with E-state index in [9.17, 15) is 9.59 Å². The molecule has 0 spiro atoms. The third-order valence-corrected chi connectivity index (χ3v) is 2.87. The van der Waals surface area contributed by atoms with Crippen LogP contribution < -0.4 is 5.32 Å². The molecular formula is C18H15NO3. The first-order chi connectivity index (χ1) is 10.7. The molecule has 4 heteroatoms. The molecule has 110 valence electrons. The highest BCUT2D eigenvalue weighted by molar-refractivity contribution is 6.00.